The number of hydrogen-bond acceptors (Lipinski definition) is 4. The third-order valence-electron chi connectivity index (χ3n) is 4.65. The third kappa shape index (κ3) is 4.13. The lowest BCUT2D eigenvalue weighted by Crippen LogP contribution is -2.43. The van der Waals surface area contributed by atoms with Crippen LogP contribution < -0.4 is 5.32 Å². The topological polar surface area (TPSA) is 58.1 Å². The molecule has 1 unspecified atom stereocenters. The van der Waals surface area contributed by atoms with Gasteiger partial charge in [0.2, 0.25) is 0 Å². The molecule has 1 aromatic heterocycles. The van der Waals surface area contributed by atoms with Crippen LogP contribution in [0.5, 0.6) is 0 Å². The van der Waals surface area contributed by atoms with Gasteiger partial charge in [-0.3, -0.25) is 4.79 Å². The van der Waals surface area contributed by atoms with E-state index in [0.717, 1.165) is 25.8 Å². The zero-order chi connectivity index (χ0) is 17.6. The Morgan fingerprint density at radius 3 is 2.84 bits per heavy atom. The summed E-state index contributed by atoms with van der Waals surface area (Å²) < 4.78 is 13.6. The van der Waals surface area contributed by atoms with Gasteiger partial charge >= 0.3 is 0 Å². The summed E-state index contributed by atoms with van der Waals surface area (Å²) in [6, 6.07) is 6.88. The van der Waals surface area contributed by atoms with E-state index in [4.69, 9.17) is 0 Å². The molecule has 0 saturated carbocycles. The van der Waals surface area contributed by atoms with Crippen LogP contribution in [0.3, 0.4) is 0 Å². The Kier molecular flexibility index (Phi) is 5.58. The Labute approximate surface area is 147 Å². The summed E-state index contributed by atoms with van der Waals surface area (Å²) in [4.78, 5) is 23.1. The quantitative estimate of drug-likeness (QED) is 0.901. The molecule has 0 bridgehead atoms. The number of likely N-dealkylation sites (tertiary alicyclic amines) is 1. The Bertz CT molecular complexity index is 720. The van der Waals surface area contributed by atoms with Crippen molar-refractivity contribution in [2.24, 2.45) is 0 Å². The van der Waals surface area contributed by atoms with E-state index in [0.29, 0.717) is 29.7 Å². The molecule has 1 saturated heterocycles. The molecule has 1 atom stereocenters. The first-order chi connectivity index (χ1) is 12.2. The van der Waals surface area contributed by atoms with Crippen LogP contribution >= 0.6 is 0 Å². The number of benzene rings is 1. The highest BCUT2D eigenvalue weighted by molar-refractivity contribution is 5.92. The largest absolute Gasteiger partial charge is 0.365 e. The maximum absolute atomic E-state index is 13.6. The van der Waals surface area contributed by atoms with Gasteiger partial charge in [-0.2, -0.15) is 0 Å². The minimum absolute atomic E-state index is 0.0558. The number of carbonyl (C=O) groups excluding carboxylic acids is 1. The molecule has 1 amide bonds. The fraction of sp³-hybridized carbons (Fsp3) is 0.421. The van der Waals surface area contributed by atoms with E-state index < -0.39 is 0 Å². The lowest BCUT2D eigenvalue weighted by Gasteiger charge is -2.34. The van der Waals surface area contributed by atoms with Gasteiger partial charge in [-0.1, -0.05) is 25.1 Å². The number of piperidine rings is 1. The number of rotatable bonds is 5. The van der Waals surface area contributed by atoms with E-state index in [2.05, 4.69) is 22.2 Å². The first kappa shape index (κ1) is 17.3. The summed E-state index contributed by atoms with van der Waals surface area (Å²) >= 11 is 0. The predicted octanol–water partition coefficient (Wildman–Crippen LogP) is 3.63. The number of halogens is 1. The molecule has 3 rings (SSSR count). The molecule has 0 spiro atoms. The molecular weight excluding hydrogens is 319 g/mol. The van der Waals surface area contributed by atoms with Gasteiger partial charge in [0, 0.05) is 24.7 Å². The van der Waals surface area contributed by atoms with Gasteiger partial charge in [-0.15, -0.1) is 0 Å². The molecule has 1 aliphatic heterocycles. The summed E-state index contributed by atoms with van der Waals surface area (Å²) in [6.45, 7) is 3.21. The number of hydrogen-bond donors (Lipinski definition) is 1. The normalized spacial score (nSPS) is 17.4. The van der Waals surface area contributed by atoms with Gasteiger partial charge in [0.1, 0.15) is 17.3 Å². The van der Waals surface area contributed by atoms with Crippen LogP contribution in [0.1, 0.15) is 48.7 Å². The Morgan fingerprint density at radius 2 is 2.12 bits per heavy atom. The fourth-order valence-corrected chi connectivity index (χ4v) is 3.20. The van der Waals surface area contributed by atoms with Gasteiger partial charge in [-0.25, -0.2) is 14.4 Å². The summed E-state index contributed by atoms with van der Waals surface area (Å²) in [7, 11) is 0. The molecule has 25 heavy (non-hydrogen) atoms. The lowest BCUT2D eigenvalue weighted by molar-refractivity contribution is 0.0601. The van der Waals surface area contributed by atoms with E-state index in [1.165, 1.54) is 24.9 Å². The minimum Gasteiger partial charge on any atom is -0.365 e. The van der Waals surface area contributed by atoms with Crippen molar-refractivity contribution in [2.45, 2.75) is 45.2 Å². The zero-order valence-electron chi connectivity index (χ0n) is 14.4. The van der Waals surface area contributed by atoms with Crippen molar-refractivity contribution >= 4 is 11.7 Å². The molecule has 1 N–H and O–H groups in total. The highest BCUT2D eigenvalue weighted by Crippen LogP contribution is 2.21. The lowest BCUT2D eigenvalue weighted by atomic mass is 10.00. The van der Waals surface area contributed by atoms with Gasteiger partial charge in [0.15, 0.2) is 0 Å². The summed E-state index contributed by atoms with van der Waals surface area (Å²) in [6.07, 6.45) is 7.25. The van der Waals surface area contributed by atoms with E-state index in [9.17, 15) is 9.18 Å². The van der Waals surface area contributed by atoms with E-state index in [-0.39, 0.29) is 11.7 Å². The maximum Gasteiger partial charge on any atom is 0.274 e. The van der Waals surface area contributed by atoms with Crippen molar-refractivity contribution in [2.75, 3.05) is 11.9 Å². The standard InChI is InChI=1S/C19H23FN4O/c1-2-15-8-5-6-10-24(15)19(25)17-12-23-18(13-21-17)22-11-14-7-3-4-9-16(14)20/h3-4,7,9,12-13,15H,2,5-6,8,10-11H2,1H3,(H,22,23). The van der Waals surface area contributed by atoms with Crippen molar-refractivity contribution in [1.82, 2.24) is 14.9 Å². The average molecular weight is 342 g/mol. The molecule has 5 nitrogen and oxygen atoms in total. The third-order valence-corrected chi connectivity index (χ3v) is 4.65. The smallest absolute Gasteiger partial charge is 0.274 e. The molecule has 0 radical (unpaired) electrons. The van der Waals surface area contributed by atoms with Crippen LogP contribution in [0.2, 0.25) is 0 Å². The minimum atomic E-state index is -0.259. The number of carbonyl (C=O) groups is 1. The molecule has 6 heteroatoms. The first-order valence-electron chi connectivity index (χ1n) is 8.79. The first-order valence-corrected chi connectivity index (χ1v) is 8.79. The number of amides is 1. The van der Waals surface area contributed by atoms with Crippen LogP contribution in [0.15, 0.2) is 36.7 Å². The number of nitrogens with zero attached hydrogens (tertiary/aromatic N) is 3. The monoisotopic (exact) mass is 342 g/mol. The number of anilines is 1. The van der Waals surface area contributed by atoms with Crippen LogP contribution in [0.4, 0.5) is 10.2 Å². The Hall–Kier alpha value is -2.50. The van der Waals surface area contributed by atoms with Crippen molar-refractivity contribution in [3.8, 4) is 0 Å². The zero-order valence-corrected chi connectivity index (χ0v) is 14.4. The van der Waals surface area contributed by atoms with Crippen molar-refractivity contribution in [3.05, 3.63) is 53.7 Å². The van der Waals surface area contributed by atoms with Crippen LogP contribution in [0, 0.1) is 5.82 Å². The summed E-state index contributed by atoms with van der Waals surface area (Å²) in [5.41, 5.74) is 0.917. The summed E-state index contributed by atoms with van der Waals surface area (Å²) in [5, 5.41) is 3.03. The fourth-order valence-electron chi connectivity index (χ4n) is 3.20. The molecule has 1 aliphatic rings. The maximum atomic E-state index is 13.6. The molecule has 1 aromatic carbocycles. The Balaban J connectivity index is 1.63. The van der Waals surface area contributed by atoms with Crippen molar-refractivity contribution in [3.63, 3.8) is 0 Å². The molecule has 132 valence electrons. The number of nitrogens with one attached hydrogen (secondary N) is 1. The van der Waals surface area contributed by atoms with Crippen LogP contribution in [0.25, 0.3) is 0 Å². The predicted molar refractivity (Wildman–Crippen MR) is 94.7 cm³/mol. The molecule has 2 heterocycles. The van der Waals surface area contributed by atoms with Gasteiger partial charge in [0.25, 0.3) is 5.91 Å². The highest BCUT2D eigenvalue weighted by Gasteiger charge is 2.27. The van der Waals surface area contributed by atoms with Gasteiger partial charge in [-0.05, 0) is 31.7 Å². The molecule has 2 aromatic rings. The van der Waals surface area contributed by atoms with Gasteiger partial charge in [0.05, 0.1) is 12.4 Å². The second-order valence-corrected chi connectivity index (χ2v) is 6.29. The van der Waals surface area contributed by atoms with Crippen LogP contribution in [-0.2, 0) is 6.54 Å². The van der Waals surface area contributed by atoms with E-state index >= 15 is 0 Å². The van der Waals surface area contributed by atoms with E-state index in [1.54, 1.807) is 18.2 Å². The second kappa shape index (κ2) is 8.05. The number of aromatic nitrogens is 2. The van der Waals surface area contributed by atoms with Crippen LogP contribution in [-0.4, -0.2) is 33.4 Å². The van der Waals surface area contributed by atoms with Gasteiger partial charge < -0.3 is 10.2 Å². The SMILES string of the molecule is CCC1CCCCN1C(=O)c1cnc(NCc2ccccc2F)cn1. The van der Waals surface area contributed by atoms with E-state index in [1.807, 2.05) is 4.90 Å². The molecule has 1 fully saturated rings. The second-order valence-electron chi connectivity index (χ2n) is 6.29. The molecular formula is C19H23FN4O. The van der Waals surface area contributed by atoms with Crippen molar-refractivity contribution in [1.29, 1.82) is 0 Å². The van der Waals surface area contributed by atoms with Crippen molar-refractivity contribution < 1.29 is 9.18 Å². The molecule has 0 aliphatic carbocycles. The Morgan fingerprint density at radius 1 is 1.28 bits per heavy atom. The highest BCUT2D eigenvalue weighted by atomic mass is 19.1. The average Bonchev–Trinajstić information content (AvgIpc) is 2.67. The summed E-state index contributed by atoms with van der Waals surface area (Å²) in [5.74, 6) is 0.204.